The Kier molecular flexibility index (Phi) is 6.07. The first-order valence-corrected chi connectivity index (χ1v) is 11.1. The van der Waals surface area contributed by atoms with Crippen LogP contribution in [0.3, 0.4) is 0 Å². The first-order chi connectivity index (χ1) is 17.0. The molecule has 1 fully saturated rings. The summed E-state index contributed by atoms with van der Waals surface area (Å²) in [6.45, 7) is 2.34. The number of pyridine rings is 2. The summed E-state index contributed by atoms with van der Waals surface area (Å²) in [4.78, 5) is 34.7. The van der Waals surface area contributed by atoms with Crippen molar-refractivity contribution in [3.63, 3.8) is 0 Å². The number of aliphatic hydroxyl groups excluding tert-OH is 2. The van der Waals surface area contributed by atoms with E-state index in [-0.39, 0.29) is 0 Å². The molecule has 5 N–H and O–H groups in total. The Bertz CT molecular complexity index is 1360. The Labute approximate surface area is 200 Å². The van der Waals surface area contributed by atoms with Gasteiger partial charge < -0.3 is 20.8 Å². The van der Waals surface area contributed by atoms with Gasteiger partial charge in [-0.25, -0.2) is 15.0 Å². The number of amides is 1. The van der Waals surface area contributed by atoms with Crippen LogP contribution in [0.2, 0.25) is 0 Å². The molecule has 12 heteroatoms. The molecule has 0 unspecified atom stereocenters. The van der Waals surface area contributed by atoms with Gasteiger partial charge in [0.15, 0.2) is 22.8 Å². The van der Waals surface area contributed by atoms with E-state index >= 15 is 0 Å². The fourth-order valence-corrected chi connectivity index (χ4v) is 4.12. The second kappa shape index (κ2) is 9.33. The Morgan fingerprint density at radius 1 is 1.17 bits per heavy atom. The standard InChI is InChI=1S/C23H25N9O3/c1-12-7-13(9-25-8-12)19-30-20(27-10-14-5-3-4-6-26-14)16-21(31-19)32(11-28-16)22-18(34)17(33)15(29-22)23(35)24-2/h3-9,11,15,17-18,22,29,33-34H,10H2,1-2H3,(H,24,35)(H,27,30,31)/t15-,17+,18+,22-/m0/s1. The van der Waals surface area contributed by atoms with Crippen molar-refractivity contribution in [1.82, 2.24) is 40.1 Å². The van der Waals surface area contributed by atoms with Crippen LogP contribution >= 0.6 is 0 Å². The van der Waals surface area contributed by atoms with E-state index in [1.165, 1.54) is 13.4 Å². The maximum atomic E-state index is 12.2. The van der Waals surface area contributed by atoms with E-state index in [1.807, 2.05) is 31.2 Å². The van der Waals surface area contributed by atoms with Crippen LogP contribution < -0.4 is 16.0 Å². The number of imidazole rings is 1. The molecule has 5 heterocycles. The lowest BCUT2D eigenvalue weighted by Crippen LogP contribution is -2.45. The highest BCUT2D eigenvalue weighted by atomic mass is 16.3. The second-order valence-corrected chi connectivity index (χ2v) is 8.33. The first-order valence-electron chi connectivity index (χ1n) is 11.1. The minimum Gasteiger partial charge on any atom is -0.388 e. The van der Waals surface area contributed by atoms with Crippen LogP contribution in [0.25, 0.3) is 22.6 Å². The predicted molar refractivity (Wildman–Crippen MR) is 127 cm³/mol. The molecule has 0 radical (unpaired) electrons. The monoisotopic (exact) mass is 475 g/mol. The van der Waals surface area contributed by atoms with E-state index in [4.69, 9.17) is 9.97 Å². The lowest BCUT2D eigenvalue weighted by atomic mass is 10.1. The normalized spacial score (nSPS) is 21.8. The number of aryl methyl sites for hydroxylation is 1. The number of fused-ring (bicyclic) bond motifs is 1. The van der Waals surface area contributed by atoms with Gasteiger partial charge in [0.2, 0.25) is 5.91 Å². The van der Waals surface area contributed by atoms with E-state index < -0.39 is 30.3 Å². The SMILES string of the molecule is CNC(=O)[C@H]1N[C@@H](n2cnc3c(NCc4ccccn4)nc(-c4cncc(C)c4)nc32)[C@H](O)[C@@H]1O. The Balaban J connectivity index is 1.58. The zero-order valence-electron chi connectivity index (χ0n) is 19.1. The molecule has 0 aromatic carbocycles. The molecule has 0 saturated carbocycles. The maximum absolute atomic E-state index is 12.2. The van der Waals surface area contributed by atoms with Crippen molar-refractivity contribution in [2.45, 2.75) is 37.9 Å². The number of aliphatic hydroxyl groups is 2. The Morgan fingerprint density at radius 3 is 2.77 bits per heavy atom. The molecule has 0 spiro atoms. The number of carbonyl (C=O) groups excluding carboxylic acids is 1. The van der Waals surface area contributed by atoms with Crippen LogP contribution in [0.5, 0.6) is 0 Å². The van der Waals surface area contributed by atoms with E-state index in [9.17, 15) is 15.0 Å². The first kappa shape index (κ1) is 22.8. The molecule has 4 aromatic heterocycles. The minimum absolute atomic E-state index is 0.410. The van der Waals surface area contributed by atoms with E-state index in [2.05, 4.69) is 30.9 Å². The average molecular weight is 476 g/mol. The Hall–Kier alpha value is -4.00. The molecule has 5 rings (SSSR count). The molecule has 12 nitrogen and oxygen atoms in total. The number of nitrogens with zero attached hydrogens (tertiary/aromatic N) is 6. The summed E-state index contributed by atoms with van der Waals surface area (Å²) in [5, 5.41) is 30.0. The highest BCUT2D eigenvalue weighted by Gasteiger charge is 2.45. The van der Waals surface area contributed by atoms with Gasteiger partial charge in [-0.1, -0.05) is 6.07 Å². The van der Waals surface area contributed by atoms with Crippen molar-refractivity contribution in [1.29, 1.82) is 0 Å². The van der Waals surface area contributed by atoms with Gasteiger partial charge in [-0.3, -0.25) is 24.6 Å². The van der Waals surface area contributed by atoms with Crippen molar-refractivity contribution in [3.05, 3.63) is 60.4 Å². The Morgan fingerprint density at radius 2 is 2.03 bits per heavy atom. The molecule has 1 saturated heterocycles. The van der Waals surface area contributed by atoms with Crippen LogP contribution in [-0.4, -0.2) is 70.9 Å². The molecular formula is C23H25N9O3. The molecule has 0 aliphatic carbocycles. The lowest BCUT2D eigenvalue weighted by molar-refractivity contribution is -0.125. The number of hydrogen-bond donors (Lipinski definition) is 5. The summed E-state index contributed by atoms with van der Waals surface area (Å²) in [5.41, 5.74) is 3.37. The number of aromatic nitrogens is 6. The summed E-state index contributed by atoms with van der Waals surface area (Å²) < 4.78 is 1.60. The smallest absolute Gasteiger partial charge is 0.239 e. The fraction of sp³-hybridized carbons (Fsp3) is 0.304. The minimum atomic E-state index is -1.30. The molecular weight excluding hydrogens is 450 g/mol. The number of anilines is 1. The van der Waals surface area contributed by atoms with Gasteiger partial charge in [-0.15, -0.1) is 0 Å². The molecule has 1 aliphatic rings. The molecule has 4 aromatic rings. The van der Waals surface area contributed by atoms with Gasteiger partial charge >= 0.3 is 0 Å². The summed E-state index contributed by atoms with van der Waals surface area (Å²) in [6, 6.07) is 6.58. The third kappa shape index (κ3) is 4.30. The van der Waals surface area contributed by atoms with E-state index in [1.54, 1.807) is 23.2 Å². The lowest BCUT2D eigenvalue weighted by Gasteiger charge is -2.18. The van der Waals surface area contributed by atoms with Gasteiger partial charge in [0.25, 0.3) is 0 Å². The average Bonchev–Trinajstić information content (AvgIpc) is 3.43. The quantitative estimate of drug-likeness (QED) is 0.259. The number of hydrogen-bond acceptors (Lipinski definition) is 10. The van der Waals surface area contributed by atoms with Crippen molar-refractivity contribution < 1.29 is 15.0 Å². The summed E-state index contributed by atoms with van der Waals surface area (Å²) >= 11 is 0. The van der Waals surface area contributed by atoms with Crippen molar-refractivity contribution in [2.24, 2.45) is 0 Å². The zero-order valence-corrected chi connectivity index (χ0v) is 19.1. The predicted octanol–water partition coefficient (Wildman–Crippen LogP) is 0.142. The molecule has 180 valence electrons. The van der Waals surface area contributed by atoms with Crippen LogP contribution in [0.15, 0.2) is 49.2 Å². The zero-order chi connectivity index (χ0) is 24.5. The third-order valence-corrected chi connectivity index (χ3v) is 5.91. The molecule has 4 atom stereocenters. The van der Waals surface area contributed by atoms with E-state index in [0.29, 0.717) is 34.9 Å². The number of rotatable bonds is 6. The number of nitrogens with one attached hydrogen (secondary N) is 3. The molecule has 35 heavy (non-hydrogen) atoms. The molecule has 1 amide bonds. The van der Waals surface area contributed by atoms with Crippen LogP contribution in [0.4, 0.5) is 5.82 Å². The van der Waals surface area contributed by atoms with Crippen LogP contribution in [0.1, 0.15) is 17.4 Å². The van der Waals surface area contributed by atoms with Gasteiger partial charge in [0.05, 0.1) is 18.6 Å². The summed E-state index contributed by atoms with van der Waals surface area (Å²) in [7, 11) is 1.47. The highest BCUT2D eigenvalue weighted by molar-refractivity contribution is 5.86. The molecule has 1 aliphatic heterocycles. The van der Waals surface area contributed by atoms with Crippen molar-refractivity contribution >= 4 is 22.9 Å². The van der Waals surface area contributed by atoms with Crippen LogP contribution in [-0.2, 0) is 11.3 Å². The number of likely N-dealkylation sites (N-methyl/N-ethyl adjacent to an activating group) is 1. The largest absolute Gasteiger partial charge is 0.388 e. The number of carbonyl (C=O) groups is 1. The third-order valence-electron chi connectivity index (χ3n) is 5.91. The van der Waals surface area contributed by atoms with Gasteiger partial charge in [-0.05, 0) is 30.7 Å². The van der Waals surface area contributed by atoms with Crippen molar-refractivity contribution in [3.8, 4) is 11.4 Å². The van der Waals surface area contributed by atoms with Gasteiger partial charge in [0.1, 0.15) is 24.4 Å². The van der Waals surface area contributed by atoms with Gasteiger partial charge in [0, 0.05) is 31.2 Å². The summed E-state index contributed by atoms with van der Waals surface area (Å²) in [6.07, 6.45) is 3.23. The van der Waals surface area contributed by atoms with Crippen molar-refractivity contribution in [2.75, 3.05) is 12.4 Å². The van der Waals surface area contributed by atoms with Gasteiger partial charge in [-0.2, -0.15) is 0 Å². The maximum Gasteiger partial charge on any atom is 0.239 e. The molecule has 0 bridgehead atoms. The highest BCUT2D eigenvalue weighted by Crippen LogP contribution is 2.30. The second-order valence-electron chi connectivity index (χ2n) is 8.33. The van der Waals surface area contributed by atoms with Crippen LogP contribution in [0, 0.1) is 6.92 Å². The topological polar surface area (TPSA) is 163 Å². The summed E-state index contributed by atoms with van der Waals surface area (Å²) in [5.74, 6) is 0.462. The fourth-order valence-electron chi connectivity index (χ4n) is 4.12. The van der Waals surface area contributed by atoms with E-state index in [0.717, 1.165) is 11.3 Å².